The molecular weight excluding hydrogens is 578 g/mol. The SMILES string of the molecule is OOc1c(-c2c3ccccc3cc3cc(-c4ccc(-c5nc6ccccc6n5-c5ccccc5)cc4)ccc23)ccc2cccnc12. The van der Waals surface area contributed by atoms with E-state index in [0.717, 1.165) is 77.3 Å². The van der Waals surface area contributed by atoms with Gasteiger partial charge in [0, 0.05) is 34.0 Å². The minimum atomic E-state index is 0.349. The van der Waals surface area contributed by atoms with Crippen LogP contribution in [0, 0.1) is 0 Å². The summed E-state index contributed by atoms with van der Waals surface area (Å²) in [6, 6.07) is 52.3. The zero-order valence-electron chi connectivity index (χ0n) is 25.2. The fourth-order valence-electron chi connectivity index (χ4n) is 6.82. The van der Waals surface area contributed by atoms with Gasteiger partial charge >= 0.3 is 0 Å². The van der Waals surface area contributed by atoms with Crippen molar-refractivity contribution in [3.05, 3.63) is 158 Å². The highest BCUT2D eigenvalue weighted by atomic mass is 17.1. The summed E-state index contributed by atoms with van der Waals surface area (Å²) in [5.74, 6) is 1.26. The van der Waals surface area contributed by atoms with E-state index in [4.69, 9.17) is 9.87 Å². The van der Waals surface area contributed by atoms with Gasteiger partial charge in [-0.2, -0.15) is 0 Å². The van der Waals surface area contributed by atoms with E-state index in [1.165, 1.54) is 0 Å². The van der Waals surface area contributed by atoms with Crippen LogP contribution < -0.4 is 4.89 Å². The largest absolute Gasteiger partial charge is 0.337 e. The summed E-state index contributed by atoms with van der Waals surface area (Å²) < 4.78 is 2.22. The van der Waals surface area contributed by atoms with Gasteiger partial charge in [0.05, 0.1) is 11.0 Å². The summed E-state index contributed by atoms with van der Waals surface area (Å²) in [6.07, 6.45) is 1.71. The number of rotatable bonds is 5. The average Bonchev–Trinajstić information content (AvgIpc) is 3.53. The zero-order chi connectivity index (χ0) is 31.3. The predicted molar refractivity (Wildman–Crippen MR) is 191 cm³/mol. The Morgan fingerprint density at radius 3 is 2.15 bits per heavy atom. The molecule has 0 fully saturated rings. The number of hydrogen-bond acceptors (Lipinski definition) is 4. The Morgan fingerprint density at radius 1 is 0.553 bits per heavy atom. The third kappa shape index (κ3) is 4.44. The number of benzene rings is 7. The topological polar surface area (TPSA) is 60.2 Å². The van der Waals surface area contributed by atoms with E-state index in [2.05, 4.69) is 119 Å². The summed E-state index contributed by atoms with van der Waals surface area (Å²) >= 11 is 0. The third-order valence-corrected chi connectivity index (χ3v) is 9.00. The number of fused-ring (bicyclic) bond motifs is 4. The Balaban J connectivity index is 1.18. The smallest absolute Gasteiger partial charge is 0.199 e. The fraction of sp³-hybridized carbons (Fsp3) is 0. The minimum absolute atomic E-state index is 0.349. The van der Waals surface area contributed by atoms with Crippen molar-refractivity contribution in [2.45, 2.75) is 0 Å². The fourth-order valence-corrected chi connectivity index (χ4v) is 6.82. The Labute approximate surface area is 270 Å². The highest BCUT2D eigenvalue weighted by molar-refractivity contribution is 6.15. The molecule has 0 aliphatic carbocycles. The van der Waals surface area contributed by atoms with Crippen LogP contribution in [-0.2, 0) is 0 Å². The minimum Gasteiger partial charge on any atom is -0.337 e. The van der Waals surface area contributed by atoms with Gasteiger partial charge < -0.3 is 4.89 Å². The number of nitrogens with zero attached hydrogens (tertiary/aromatic N) is 3. The highest BCUT2D eigenvalue weighted by Crippen LogP contribution is 2.44. The Kier molecular flexibility index (Phi) is 6.30. The van der Waals surface area contributed by atoms with E-state index in [-0.39, 0.29) is 0 Å². The Morgan fingerprint density at radius 2 is 1.28 bits per heavy atom. The molecule has 7 aromatic carbocycles. The maximum atomic E-state index is 10.1. The summed E-state index contributed by atoms with van der Waals surface area (Å²) in [7, 11) is 0. The van der Waals surface area contributed by atoms with E-state index in [9.17, 15) is 5.26 Å². The molecule has 9 rings (SSSR count). The van der Waals surface area contributed by atoms with Gasteiger partial charge in [-0.1, -0.05) is 103 Å². The van der Waals surface area contributed by atoms with Crippen LogP contribution in [0.4, 0.5) is 0 Å². The lowest BCUT2D eigenvalue weighted by molar-refractivity contribution is -0.135. The van der Waals surface area contributed by atoms with Crippen molar-refractivity contribution in [1.29, 1.82) is 0 Å². The van der Waals surface area contributed by atoms with Gasteiger partial charge in [0.2, 0.25) is 0 Å². The van der Waals surface area contributed by atoms with Crippen LogP contribution in [-0.4, -0.2) is 19.8 Å². The third-order valence-electron chi connectivity index (χ3n) is 9.00. The molecule has 0 radical (unpaired) electrons. The van der Waals surface area contributed by atoms with E-state index >= 15 is 0 Å². The maximum absolute atomic E-state index is 10.1. The van der Waals surface area contributed by atoms with Crippen molar-refractivity contribution in [3.63, 3.8) is 0 Å². The van der Waals surface area contributed by atoms with Crippen molar-refractivity contribution < 1.29 is 10.1 Å². The second-order valence-corrected chi connectivity index (χ2v) is 11.7. The molecule has 0 aliphatic heterocycles. The molecule has 9 aromatic rings. The van der Waals surface area contributed by atoms with E-state index < -0.39 is 0 Å². The van der Waals surface area contributed by atoms with Gasteiger partial charge in [-0.3, -0.25) is 9.55 Å². The first-order chi connectivity index (χ1) is 23.3. The van der Waals surface area contributed by atoms with Gasteiger partial charge in [-0.05, 0) is 81.2 Å². The lowest BCUT2D eigenvalue weighted by Crippen LogP contribution is -1.97. The zero-order valence-corrected chi connectivity index (χ0v) is 25.2. The second-order valence-electron chi connectivity index (χ2n) is 11.7. The second kappa shape index (κ2) is 10.9. The molecule has 1 N–H and O–H groups in total. The molecule has 5 heteroatoms. The molecule has 0 saturated carbocycles. The molecular formula is C42H27N3O2. The highest BCUT2D eigenvalue weighted by Gasteiger charge is 2.19. The molecule has 0 atom stereocenters. The van der Waals surface area contributed by atoms with Gasteiger partial charge in [-0.15, -0.1) is 0 Å². The quantitative estimate of drug-likeness (QED) is 0.120. The normalized spacial score (nSPS) is 11.5. The first-order valence-corrected chi connectivity index (χ1v) is 15.6. The van der Waals surface area contributed by atoms with E-state index in [1.54, 1.807) is 6.20 Å². The molecule has 0 amide bonds. The number of hydrogen-bond donors (Lipinski definition) is 1. The molecule has 2 heterocycles. The molecule has 0 unspecified atom stereocenters. The van der Waals surface area contributed by atoms with Gasteiger partial charge in [0.1, 0.15) is 11.3 Å². The molecule has 2 aromatic heterocycles. The predicted octanol–water partition coefficient (Wildman–Crippen LogP) is 10.7. The number of pyridine rings is 1. The maximum Gasteiger partial charge on any atom is 0.199 e. The number of para-hydroxylation sites is 3. The first kappa shape index (κ1) is 27.0. The Bertz CT molecular complexity index is 2610. The molecule has 5 nitrogen and oxygen atoms in total. The van der Waals surface area contributed by atoms with Crippen LogP contribution in [0.1, 0.15) is 0 Å². The van der Waals surface area contributed by atoms with Crippen LogP contribution in [0.15, 0.2) is 158 Å². The molecule has 47 heavy (non-hydrogen) atoms. The Hall–Kier alpha value is -6.30. The number of imidazole rings is 1. The van der Waals surface area contributed by atoms with Crippen LogP contribution in [0.25, 0.3) is 82.8 Å². The van der Waals surface area contributed by atoms with Crippen LogP contribution in [0.2, 0.25) is 0 Å². The van der Waals surface area contributed by atoms with E-state index in [0.29, 0.717) is 11.3 Å². The molecule has 0 aliphatic rings. The molecule has 0 spiro atoms. The van der Waals surface area contributed by atoms with Crippen LogP contribution >= 0.6 is 0 Å². The molecule has 0 bridgehead atoms. The summed E-state index contributed by atoms with van der Waals surface area (Å²) in [5, 5.41) is 15.3. The molecule has 0 saturated heterocycles. The van der Waals surface area contributed by atoms with Crippen molar-refractivity contribution in [2.75, 3.05) is 0 Å². The van der Waals surface area contributed by atoms with Gasteiger partial charge in [-0.25, -0.2) is 10.2 Å². The lowest BCUT2D eigenvalue weighted by atomic mass is 9.89. The summed E-state index contributed by atoms with van der Waals surface area (Å²) in [4.78, 5) is 14.6. The summed E-state index contributed by atoms with van der Waals surface area (Å²) in [6.45, 7) is 0. The molecule has 222 valence electrons. The van der Waals surface area contributed by atoms with Crippen molar-refractivity contribution in [1.82, 2.24) is 14.5 Å². The first-order valence-electron chi connectivity index (χ1n) is 15.6. The summed E-state index contributed by atoms with van der Waals surface area (Å²) in [5.41, 5.74) is 8.79. The van der Waals surface area contributed by atoms with Gasteiger partial charge in [0.25, 0.3) is 0 Å². The standard InChI is InChI=1S/C42H27N3O2/c46-47-41-36(23-20-28-10-8-24-43-40(28)41)39-34-13-5-4-9-31(34)26-32-25-30(21-22-35(32)39)27-16-18-29(19-17-27)42-44-37-14-6-7-15-38(37)45(42)33-11-2-1-3-12-33/h1-26,46H. The van der Waals surface area contributed by atoms with Gasteiger partial charge in [0.15, 0.2) is 5.75 Å². The van der Waals surface area contributed by atoms with Crippen molar-refractivity contribution in [3.8, 4) is 45.1 Å². The van der Waals surface area contributed by atoms with E-state index in [1.807, 2.05) is 42.5 Å². The average molecular weight is 606 g/mol. The monoisotopic (exact) mass is 605 g/mol. The lowest BCUT2D eigenvalue weighted by Gasteiger charge is -2.16. The van der Waals surface area contributed by atoms with Crippen molar-refractivity contribution >= 4 is 43.5 Å². The number of aromatic nitrogens is 3. The van der Waals surface area contributed by atoms with Crippen LogP contribution in [0.5, 0.6) is 5.75 Å². The van der Waals surface area contributed by atoms with Crippen LogP contribution in [0.3, 0.4) is 0 Å². The van der Waals surface area contributed by atoms with Crippen molar-refractivity contribution in [2.24, 2.45) is 0 Å².